The van der Waals surface area contributed by atoms with E-state index in [0.717, 1.165) is 64.2 Å². The number of phosphoric ester groups is 1. The maximum atomic E-state index is 12.6. The summed E-state index contributed by atoms with van der Waals surface area (Å²) in [5.41, 5.74) is 0. The summed E-state index contributed by atoms with van der Waals surface area (Å²) in [4.78, 5) is 34.8. The van der Waals surface area contributed by atoms with Crippen molar-refractivity contribution in [2.45, 2.75) is 245 Å². The van der Waals surface area contributed by atoms with Crippen molar-refractivity contribution in [2.75, 3.05) is 19.8 Å². The van der Waals surface area contributed by atoms with Crippen LogP contribution in [0.15, 0.2) is 24.3 Å². The fourth-order valence-corrected chi connectivity index (χ4v) is 7.52. The van der Waals surface area contributed by atoms with Gasteiger partial charge in [-0.15, -0.1) is 0 Å². The average Bonchev–Trinajstić information content (AvgIpc) is 3.18. The van der Waals surface area contributed by atoms with Crippen LogP contribution >= 0.6 is 7.82 Å². The summed E-state index contributed by atoms with van der Waals surface area (Å²) in [5, 5.41) is 0. The number of rotatable bonds is 44. The van der Waals surface area contributed by atoms with Gasteiger partial charge in [-0.05, 0) is 45.4 Å². The lowest BCUT2D eigenvalue weighted by Gasteiger charge is -2.19. The number of unbranched alkanes of at least 4 members (excludes halogenated alkanes) is 28. The molecule has 0 saturated heterocycles. The van der Waals surface area contributed by atoms with Gasteiger partial charge in [-0.25, -0.2) is 4.57 Å². The molecule has 0 aliphatic carbocycles. The maximum Gasteiger partial charge on any atom is 0.472 e. The summed E-state index contributed by atoms with van der Waals surface area (Å²) in [6.07, 6.45) is 48.1. The van der Waals surface area contributed by atoms with E-state index in [-0.39, 0.29) is 25.6 Å². The number of allylic oxidation sites excluding steroid dienone is 4. The summed E-state index contributed by atoms with van der Waals surface area (Å²) in [6.45, 7) is 5.45. The van der Waals surface area contributed by atoms with Crippen molar-refractivity contribution >= 4 is 19.8 Å². The molecule has 9 heteroatoms. The number of phosphoric acid groups is 1. The molecule has 1 N–H and O–H groups in total. The molecule has 0 radical (unpaired) electrons. The van der Waals surface area contributed by atoms with Gasteiger partial charge in [0.2, 0.25) is 0 Å². The summed E-state index contributed by atoms with van der Waals surface area (Å²) in [5.74, 6) is -0.803. The van der Waals surface area contributed by atoms with E-state index >= 15 is 0 Å². The molecule has 0 aliphatic heterocycles. The number of hydrogen-bond donors (Lipinski definition) is 1. The monoisotopic (exact) mass is 813 g/mol. The second-order valence-corrected chi connectivity index (χ2v) is 17.2. The van der Waals surface area contributed by atoms with Gasteiger partial charge in [0.15, 0.2) is 6.10 Å². The second kappa shape index (κ2) is 43.1. The third kappa shape index (κ3) is 42.1. The SMILES string of the molecule is CCCC/C=C\C/C=C\CCCCCCCC(=O)OC(COC(=O)CCCCCCCCCCCCCCCCCCCCCCCC)COP(=O)(O)OCC. The van der Waals surface area contributed by atoms with Gasteiger partial charge in [-0.2, -0.15) is 0 Å². The largest absolute Gasteiger partial charge is 0.472 e. The molecule has 56 heavy (non-hydrogen) atoms. The zero-order chi connectivity index (χ0) is 41.1. The topological polar surface area (TPSA) is 108 Å². The standard InChI is InChI=1S/C47H89O8P/c1-4-7-9-11-13-15-17-19-21-22-23-24-25-26-27-28-30-31-33-35-37-39-41-46(48)52-43-45(44-54-56(50,51)53-6-3)55-47(49)42-40-38-36-34-32-29-20-18-16-14-12-10-8-5-2/h12,14,18,20,45H,4-11,13,15-17,19,21-44H2,1-3H3,(H,50,51)/b14-12-,20-18-. The van der Waals surface area contributed by atoms with Crippen LogP contribution in [0.1, 0.15) is 239 Å². The summed E-state index contributed by atoms with van der Waals surface area (Å²) in [7, 11) is -4.28. The van der Waals surface area contributed by atoms with Crippen molar-refractivity contribution in [3.05, 3.63) is 24.3 Å². The molecule has 0 aromatic carbocycles. The molecule has 0 bridgehead atoms. The van der Waals surface area contributed by atoms with Gasteiger partial charge in [0.25, 0.3) is 0 Å². The van der Waals surface area contributed by atoms with Crippen LogP contribution in [0.2, 0.25) is 0 Å². The van der Waals surface area contributed by atoms with Gasteiger partial charge in [-0.1, -0.05) is 205 Å². The fraction of sp³-hybridized carbons (Fsp3) is 0.872. The van der Waals surface area contributed by atoms with E-state index in [9.17, 15) is 19.0 Å². The summed E-state index contributed by atoms with van der Waals surface area (Å²) >= 11 is 0. The zero-order valence-electron chi connectivity index (χ0n) is 36.8. The van der Waals surface area contributed by atoms with E-state index < -0.39 is 26.5 Å². The maximum absolute atomic E-state index is 12.6. The second-order valence-electron chi connectivity index (χ2n) is 15.8. The highest BCUT2D eigenvalue weighted by Gasteiger charge is 2.25. The molecular weight excluding hydrogens is 723 g/mol. The first kappa shape index (κ1) is 54.5. The van der Waals surface area contributed by atoms with Gasteiger partial charge in [0, 0.05) is 12.8 Å². The number of carbonyl (C=O) groups excluding carboxylic acids is 2. The first-order chi connectivity index (χ1) is 27.3. The van der Waals surface area contributed by atoms with E-state index in [1.165, 1.54) is 135 Å². The third-order valence-corrected chi connectivity index (χ3v) is 11.3. The molecule has 0 aliphatic rings. The van der Waals surface area contributed by atoms with Crippen molar-refractivity contribution in [1.82, 2.24) is 0 Å². The molecule has 0 rings (SSSR count). The molecule has 0 amide bonds. The first-order valence-corrected chi connectivity index (χ1v) is 25.1. The van der Waals surface area contributed by atoms with Crippen LogP contribution in [0.25, 0.3) is 0 Å². The Labute approximate surface area is 345 Å². The van der Waals surface area contributed by atoms with Gasteiger partial charge in [-0.3, -0.25) is 18.6 Å². The minimum Gasteiger partial charge on any atom is -0.462 e. The van der Waals surface area contributed by atoms with Crippen LogP contribution in [-0.2, 0) is 32.7 Å². The number of ether oxygens (including phenoxy) is 2. The highest BCUT2D eigenvalue weighted by molar-refractivity contribution is 7.47. The lowest BCUT2D eigenvalue weighted by molar-refractivity contribution is -0.161. The Morgan fingerprint density at radius 3 is 1.32 bits per heavy atom. The van der Waals surface area contributed by atoms with E-state index in [1.807, 2.05) is 0 Å². The Hall–Kier alpha value is -1.47. The third-order valence-electron chi connectivity index (χ3n) is 10.3. The Bertz CT molecular complexity index is 968. The average molecular weight is 813 g/mol. The molecule has 0 fully saturated rings. The lowest BCUT2D eigenvalue weighted by Crippen LogP contribution is -2.29. The molecule has 0 saturated carbocycles. The van der Waals surface area contributed by atoms with Crippen LogP contribution in [0, 0.1) is 0 Å². The van der Waals surface area contributed by atoms with Crippen LogP contribution in [-0.4, -0.2) is 42.8 Å². The quantitative estimate of drug-likeness (QED) is 0.0280. The molecule has 0 aromatic heterocycles. The van der Waals surface area contributed by atoms with Gasteiger partial charge in [0.1, 0.15) is 6.61 Å². The minimum atomic E-state index is -4.28. The highest BCUT2D eigenvalue weighted by Crippen LogP contribution is 2.43. The van der Waals surface area contributed by atoms with E-state index in [4.69, 9.17) is 18.5 Å². The highest BCUT2D eigenvalue weighted by atomic mass is 31.2. The number of carbonyl (C=O) groups is 2. The van der Waals surface area contributed by atoms with Gasteiger partial charge < -0.3 is 14.4 Å². The number of esters is 2. The van der Waals surface area contributed by atoms with Gasteiger partial charge >= 0.3 is 19.8 Å². The molecule has 0 aromatic rings. The van der Waals surface area contributed by atoms with Crippen molar-refractivity contribution in [2.24, 2.45) is 0 Å². The summed E-state index contributed by atoms with van der Waals surface area (Å²) < 4.78 is 32.7. The van der Waals surface area contributed by atoms with Gasteiger partial charge in [0.05, 0.1) is 13.2 Å². The molecule has 2 atom stereocenters. The predicted molar refractivity (Wildman–Crippen MR) is 235 cm³/mol. The first-order valence-electron chi connectivity index (χ1n) is 23.6. The van der Waals surface area contributed by atoms with Crippen molar-refractivity contribution < 1.29 is 37.6 Å². The molecule has 0 heterocycles. The number of hydrogen-bond acceptors (Lipinski definition) is 7. The van der Waals surface area contributed by atoms with Crippen LogP contribution in [0.5, 0.6) is 0 Å². The molecule has 8 nitrogen and oxygen atoms in total. The van der Waals surface area contributed by atoms with Crippen molar-refractivity contribution in [1.29, 1.82) is 0 Å². The van der Waals surface area contributed by atoms with E-state index in [1.54, 1.807) is 6.92 Å². The lowest BCUT2D eigenvalue weighted by atomic mass is 10.0. The van der Waals surface area contributed by atoms with E-state index in [2.05, 4.69) is 38.2 Å². The zero-order valence-corrected chi connectivity index (χ0v) is 37.7. The Morgan fingerprint density at radius 2 is 0.875 bits per heavy atom. The smallest absolute Gasteiger partial charge is 0.462 e. The molecule has 330 valence electrons. The Morgan fingerprint density at radius 1 is 0.482 bits per heavy atom. The van der Waals surface area contributed by atoms with Crippen molar-refractivity contribution in [3.8, 4) is 0 Å². The Balaban J connectivity index is 3.96. The van der Waals surface area contributed by atoms with E-state index in [0.29, 0.717) is 12.8 Å². The normalized spacial score (nSPS) is 13.4. The summed E-state index contributed by atoms with van der Waals surface area (Å²) in [6, 6.07) is 0. The van der Waals surface area contributed by atoms with Crippen LogP contribution in [0.4, 0.5) is 0 Å². The predicted octanol–water partition coefficient (Wildman–Crippen LogP) is 15.0. The fourth-order valence-electron chi connectivity index (χ4n) is 6.77. The molecule has 2 unspecified atom stereocenters. The Kier molecular flexibility index (Phi) is 42.0. The molecule has 0 spiro atoms. The molecular formula is C47H89O8P. The van der Waals surface area contributed by atoms with Crippen LogP contribution in [0.3, 0.4) is 0 Å². The van der Waals surface area contributed by atoms with Crippen molar-refractivity contribution in [3.63, 3.8) is 0 Å². The minimum absolute atomic E-state index is 0.000485. The van der Waals surface area contributed by atoms with Crippen LogP contribution < -0.4 is 0 Å².